The zero-order chi connectivity index (χ0) is 11.5. The zero-order valence-electron chi connectivity index (χ0n) is 10.1. The fourth-order valence-corrected chi connectivity index (χ4v) is 2.50. The average Bonchev–Trinajstić information content (AvgIpc) is 2.81. The maximum absolute atomic E-state index is 9.89. The van der Waals surface area contributed by atoms with Crippen molar-refractivity contribution in [3.63, 3.8) is 0 Å². The van der Waals surface area contributed by atoms with E-state index in [1.165, 1.54) is 25.7 Å². The molecule has 0 spiro atoms. The number of hydrogen-bond acceptors (Lipinski definition) is 3. The Labute approximate surface area is 108 Å². The number of halogens is 1. The van der Waals surface area contributed by atoms with E-state index in [1.54, 1.807) is 13.2 Å². The van der Waals surface area contributed by atoms with E-state index in [4.69, 9.17) is 10.5 Å². The maximum atomic E-state index is 9.89. The SMILES string of the molecule is COc1ccc([C@@H](N)C2CCCC2)c(O)c1.Cl. The van der Waals surface area contributed by atoms with Gasteiger partial charge in [0.25, 0.3) is 0 Å². The average molecular weight is 258 g/mol. The molecule has 1 saturated carbocycles. The summed E-state index contributed by atoms with van der Waals surface area (Å²) < 4.78 is 5.05. The summed E-state index contributed by atoms with van der Waals surface area (Å²) in [4.78, 5) is 0. The van der Waals surface area contributed by atoms with Crippen LogP contribution in [0.4, 0.5) is 0 Å². The summed E-state index contributed by atoms with van der Waals surface area (Å²) in [6.45, 7) is 0. The first-order valence-corrected chi connectivity index (χ1v) is 5.85. The minimum atomic E-state index is -0.0478. The lowest BCUT2D eigenvalue weighted by molar-refractivity contribution is 0.394. The highest BCUT2D eigenvalue weighted by Crippen LogP contribution is 2.38. The Morgan fingerprint density at radius 2 is 2.00 bits per heavy atom. The Morgan fingerprint density at radius 1 is 1.35 bits per heavy atom. The molecule has 1 fully saturated rings. The monoisotopic (exact) mass is 257 g/mol. The summed E-state index contributed by atoms with van der Waals surface area (Å²) >= 11 is 0. The molecule has 0 unspecified atom stereocenters. The van der Waals surface area contributed by atoms with Crippen LogP contribution in [0.2, 0.25) is 0 Å². The van der Waals surface area contributed by atoms with E-state index < -0.39 is 0 Å². The van der Waals surface area contributed by atoms with Crippen LogP contribution in [0.15, 0.2) is 18.2 Å². The van der Waals surface area contributed by atoms with Gasteiger partial charge in [0.15, 0.2) is 0 Å². The predicted molar refractivity (Wildman–Crippen MR) is 70.8 cm³/mol. The van der Waals surface area contributed by atoms with E-state index in [0.29, 0.717) is 11.7 Å². The van der Waals surface area contributed by atoms with Gasteiger partial charge in [0.05, 0.1) is 7.11 Å². The van der Waals surface area contributed by atoms with Crippen LogP contribution in [0.5, 0.6) is 11.5 Å². The van der Waals surface area contributed by atoms with E-state index in [9.17, 15) is 5.11 Å². The Hall–Kier alpha value is -0.930. The summed E-state index contributed by atoms with van der Waals surface area (Å²) in [6.07, 6.45) is 4.86. The molecule has 0 saturated heterocycles. The molecular weight excluding hydrogens is 238 g/mol. The van der Waals surface area contributed by atoms with Crippen LogP contribution in [-0.2, 0) is 0 Å². The van der Waals surface area contributed by atoms with Gasteiger partial charge >= 0.3 is 0 Å². The molecule has 0 heterocycles. The van der Waals surface area contributed by atoms with Gasteiger partial charge in [-0.05, 0) is 24.8 Å². The minimum absolute atomic E-state index is 0. The van der Waals surface area contributed by atoms with Crippen molar-refractivity contribution in [3.8, 4) is 11.5 Å². The normalized spacial score (nSPS) is 17.5. The van der Waals surface area contributed by atoms with Gasteiger partial charge in [0.1, 0.15) is 11.5 Å². The Kier molecular flexibility index (Phi) is 5.09. The molecule has 0 radical (unpaired) electrons. The van der Waals surface area contributed by atoms with Crippen LogP contribution < -0.4 is 10.5 Å². The van der Waals surface area contributed by atoms with Gasteiger partial charge < -0.3 is 15.6 Å². The molecular formula is C13H20ClNO2. The molecule has 1 aliphatic carbocycles. The number of methoxy groups -OCH3 is 1. The van der Waals surface area contributed by atoms with Crippen molar-refractivity contribution >= 4 is 12.4 Å². The second kappa shape index (κ2) is 6.12. The maximum Gasteiger partial charge on any atom is 0.124 e. The Bertz CT molecular complexity index is 364. The van der Waals surface area contributed by atoms with E-state index in [-0.39, 0.29) is 24.2 Å². The summed E-state index contributed by atoms with van der Waals surface area (Å²) in [5, 5.41) is 9.89. The van der Waals surface area contributed by atoms with Crippen molar-refractivity contribution in [2.24, 2.45) is 11.7 Å². The van der Waals surface area contributed by atoms with Crippen molar-refractivity contribution in [2.45, 2.75) is 31.7 Å². The first-order valence-electron chi connectivity index (χ1n) is 5.85. The van der Waals surface area contributed by atoms with E-state index in [1.807, 2.05) is 12.1 Å². The Morgan fingerprint density at radius 3 is 2.53 bits per heavy atom. The fourth-order valence-electron chi connectivity index (χ4n) is 2.50. The number of nitrogens with two attached hydrogens (primary N) is 1. The number of ether oxygens (including phenoxy) is 1. The molecule has 2 rings (SSSR count). The lowest BCUT2D eigenvalue weighted by Gasteiger charge is -2.20. The van der Waals surface area contributed by atoms with Crippen LogP contribution in [0.25, 0.3) is 0 Å². The highest BCUT2D eigenvalue weighted by Gasteiger charge is 2.25. The van der Waals surface area contributed by atoms with Crippen molar-refractivity contribution in [1.29, 1.82) is 0 Å². The van der Waals surface area contributed by atoms with Gasteiger partial charge in [-0.2, -0.15) is 0 Å². The number of hydrogen-bond donors (Lipinski definition) is 2. The second-order valence-corrected chi connectivity index (χ2v) is 4.50. The minimum Gasteiger partial charge on any atom is -0.507 e. The van der Waals surface area contributed by atoms with Gasteiger partial charge in [-0.1, -0.05) is 18.9 Å². The van der Waals surface area contributed by atoms with Gasteiger partial charge in [0.2, 0.25) is 0 Å². The third-order valence-electron chi connectivity index (χ3n) is 3.50. The number of rotatable bonds is 3. The quantitative estimate of drug-likeness (QED) is 0.875. The zero-order valence-corrected chi connectivity index (χ0v) is 10.9. The molecule has 0 aromatic heterocycles. The number of benzene rings is 1. The van der Waals surface area contributed by atoms with Crippen LogP contribution >= 0.6 is 12.4 Å². The number of aromatic hydroxyl groups is 1. The third kappa shape index (κ3) is 3.05. The van der Waals surface area contributed by atoms with Crippen LogP contribution in [0.3, 0.4) is 0 Å². The first-order chi connectivity index (χ1) is 7.72. The molecule has 96 valence electrons. The molecule has 3 N–H and O–H groups in total. The topological polar surface area (TPSA) is 55.5 Å². The van der Waals surface area contributed by atoms with Crippen LogP contribution in [-0.4, -0.2) is 12.2 Å². The van der Waals surface area contributed by atoms with E-state index >= 15 is 0 Å². The van der Waals surface area contributed by atoms with Crippen molar-refractivity contribution in [2.75, 3.05) is 7.11 Å². The standard InChI is InChI=1S/C13H19NO2.ClH/c1-16-10-6-7-11(12(15)8-10)13(14)9-4-2-3-5-9;/h6-9,13,15H,2-5,14H2,1H3;1H/t13-;/m0./s1. The largest absolute Gasteiger partial charge is 0.507 e. The predicted octanol–water partition coefficient (Wildman–Crippen LogP) is 3.01. The molecule has 1 aliphatic rings. The highest BCUT2D eigenvalue weighted by atomic mass is 35.5. The lowest BCUT2D eigenvalue weighted by atomic mass is 9.92. The van der Waals surface area contributed by atoms with Gasteiger partial charge in [-0.15, -0.1) is 12.4 Å². The lowest BCUT2D eigenvalue weighted by Crippen LogP contribution is -2.19. The van der Waals surface area contributed by atoms with Crippen molar-refractivity contribution in [3.05, 3.63) is 23.8 Å². The number of phenols is 1. The molecule has 17 heavy (non-hydrogen) atoms. The van der Waals surface area contributed by atoms with Crippen LogP contribution in [0.1, 0.15) is 37.3 Å². The van der Waals surface area contributed by atoms with Crippen molar-refractivity contribution < 1.29 is 9.84 Å². The molecule has 0 aliphatic heterocycles. The van der Waals surface area contributed by atoms with Crippen LogP contribution in [0, 0.1) is 5.92 Å². The molecule has 3 nitrogen and oxygen atoms in total. The van der Waals surface area contributed by atoms with Gasteiger partial charge in [-0.3, -0.25) is 0 Å². The van der Waals surface area contributed by atoms with E-state index in [2.05, 4.69) is 0 Å². The summed E-state index contributed by atoms with van der Waals surface area (Å²) in [5.74, 6) is 1.43. The number of phenolic OH excluding ortho intramolecular Hbond substituents is 1. The molecule has 1 aromatic rings. The molecule has 1 atom stereocenters. The first kappa shape index (κ1) is 14.1. The smallest absolute Gasteiger partial charge is 0.124 e. The highest BCUT2D eigenvalue weighted by molar-refractivity contribution is 5.85. The van der Waals surface area contributed by atoms with E-state index in [0.717, 1.165) is 5.56 Å². The van der Waals surface area contributed by atoms with Gasteiger partial charge in [0, 0.05) is 17.7 Å². The molecule has 0 bridgehead atoms. The second-order valence-electron chi connectivity index (χ2n) is 4.50. The molecule has 4 heteroatoms. The molecule has 1 aromatic carbocycles. The summed E-state index contributed by atoms with van der Waals surface area (Å²) in [7, 11) is 1.59. The van der Waals surface area contributed by atoms with Crippen molar-refractivity contribution in [1.82, 2.24) is 0 Å². The summed E-state index contributed by atoms with van der Waals surface area (Å²) in [5.41, 5.74) is 7.03. The fraction of sp³-hybridized carbons (Fsp3) is 0.538. The van der Waals surface area contributed by atoms with Gasteiger partial charge in [-0.25, -0.2) is 0 Å². The molecule has 0 amide bonds. The third-order valence-corrected chi connectivity index (χ3v) is 3.50. The summed E-state index contributed by atoms with van der Waals surface area (Å²) in [6, 6.07) is 5.30. The Balaban J connectivity index is 0.00000144.